The topological polar surface area (TPSA) is 90.9 Å². The quantitative estimate of drug-likeness (QED) is 0.348. The van der Waals surface area contributed by atoms with Crippen LogP contribution in [0, 0.1) is 0 Å². The van der Waals surface area contributed by atoms with E-state index < -0.39 is 12.1 Å². The Morgan fingerprint density at radius 1 is 1.18 bits per heavy atom. The smallest absolute Gasteiger partial charge is 0.326 e. The zero-order chi connectivity index (χ0) is 23.2. The number of nitrogens with zero attached hydrogens (tertiary/aromatic N) is 3. The van der Waals surface area contributed by atoms with E-state index in [1.54, 1.807) is 19.2 Å². The number of benzene rings is 1. The molecule has 8 nitrogen and oxygen atoms in total. The summed E-state index contributed by atoms with van der Waals surface area (Å²) in [5, 5.41) is 2.74. The number of esters is 1. The van der Waals surface area contributed by atoms with Gasteiger partial charge in [0.25, 0.3) is 5.91 Å². The van der Waals surface area contributed by atoms with Crippen LogP contribution in [0.2, 0.25) is 0 Å². The van der Waals surface area contributed by atoms with Crippen molar-refractivity contribution in [2.45, 2.75) is 26.4 Å². The molecule has 9 heteroatoms. The second kappa shape index (κ2) is 10.5. The van der Waals surface area contributed by atoms with E-state index in [0.29, 0.717) is 24.7 Å². The summed E-state index contributed by atoms with van der Waals surface area (Å²) in [5.74, 6) is -0.267. The summed E-state index contributed by atoms with van der Waals surface area (Å²) in [6.45, 7) is 4.56. The zero-order valence-corrected chi connectivity index (χ0v) is 19.3. The Kier molecular flexibility index (Phi) is 7.31. The van der Waals surface area contributed by atoms with E-state index in [-0.39, 0.29) is 19.1 Å². The standard InChI is InChI=1S/C24H25N3O5S/c1-3-10-30-11-12-31-22(28)14-27-20-13-17(7-8-21(20)32-16(2)24(27)29)19-15-33-23(26-19)18-6-4-5-9-25-18/h4-9,13,15-16H,3,10-12,14H2,1-2H3. The lowest BCUT2D eigenvalue weighted by molar-refractivity contribution is -0.144. The number of hydrogen-bond donors (Lipinski definition) is 0. The summed E-state index contributed by atoms with van der Waals surface area (Å²) in [6.07, 6.45) is 1.93. The molecule has 2 aromatic heterocycles. The molecule has 1 unspecified atom stereocenters. The molecule has 0 spiro atoms. The number of hydrogen-bond acceptors (Lipinski definition) is 8. The number of carbonyl (C=O) groups excluding carboxylic acids is 2. The van der Waals surface area contributed by atoms with Crippen LogP contribution in [0.3, 0.4) is 0 Å². The summed E-state index contributed by atoms with van der Waals surface area (Å²) in [6, 6.07) is 11.2. The van der Waals surface area contributed by atoms with Crippen molar-refractivity contribution in [3.8, 4) is 27.7 Å². The van der Waals surface area contributed by atoms with Crippen LogP contribution in [0.5, 0.6) is 5.75 Å². The van der Waals surface area contributed by atoms with Gasteiger partial charge in [-0.05, 0) is 43.7 Å². The molecule has 0 saturated heterocycles. The lowest BCUT2D eigenvalue weighted by atomic mass is 10.1. The Hall–Kier alpha value is -3.30. The first kappa shape index (κ1) is 22.9. The average molecular weight is 468 g/mol. The number of anilines is 1. The van der Waals surface area contributed by atoms with Crippen LogP contribution in [-0.2, 0) is 19.1 Å². The van der Waals surface area contributed by atoms with Crippen LogP contribution in [0.4, 0.5) is 5.69 Å². The molecule has 0 fully saturated rings. The fourth-order valence-corrected chi connectivity index (χ4v) is 4.18. The molecule has 1 amide bonds. The number of aromatic nitrogens is 2. The van der Waals surface area contributed by atoms with Gasteiger partial charge in [0.1, 0.15) is 23.9 Å². The molecule has 172 valence electrons. The second-order valence-electron chi connectivity index (χ2n) is 7.45. The van der Waals surface area contributed by atoms with Gasteiger partial charge in [-0.15, -0.1) is 11.3 Å². The van der Waals surface area contributed by atoms with Gasteiger partial charge >= 0.3 is 5.97 Å². The van der Waals surface area contributed by atoms with E-state index in [4.69, 9.17) is 19.2 Å². The lowest BCUT2D eigenvalue weighted by Crippen LogP contribution is -2.47. The van der Waals surface area contributed by atoms with Gasteiger partial charge in [-0.2, -0.15) is 0 Å². The van der Waals surface area contributed by atoms with Gasteiger partial charge in [-0.1, -0.05) is 13.0 Å². The van der Waals surface area contributed by atoms with Crippen molar-refractivity contribution >= 4 is 28.9 Å². The van der Waals surface area contributed by atoms with Crippen LogP contribution >= 0.6 is 11.3 Å². The molecular formula is C24H25N3O5S. The zero-order valence-electron chi connectivity index (χ0n) is 18.5. The molecule has 1 aromatic carbocycles. The number of thiazole rings is 1. The van der Waals surface area contributed by atoms with Gasteiger partial charge in [0.15, 0.2) is 6.10 Å². The average Bonchev–Trinajstić information content (AvgIpc) is 3.33. The van der Waals surface area contributed by atoms with Gasteiger partial charge < -0.3 is 14.2 Å². The molecule has 0 radical (unpaired) electrons. The first-order valence-corrected chi connectivity index (χ1v) is 11.7. The third-order valence-corrected chi connectivity index (χ3v) is 5.84. The summed E-state index contributed by atoms with van der Waals surface area (Å²) in [4.78, 5) is 35.7. The summed E-state index contributed by atoms with van der Waals surface area (Å²) < 4.78 is 16.3. The van der Waals surface area contributed by atoms with Gasteiger partial charge in [0.05, 0.1) is 23.7 Å². The van der Waals surface area contributed by atoms with Crippen molar-refractivity contribution in [3.63, 3.8) is 0 Å². The van der Waals surface area contributed by atoms with Crippen LogP contribution in [-0.4, -0.2) is 54.3 Å². The maximum Gasteiger partial charge on any atom is 0.326 e. The van der Waals surface area contributed by atoms with E-state index in [1.165, 1.54) is 16.2 Å². The highest BCUT2D eigenvalue weighted by atomic mass is 32.1. The molecule has 1 aliphatic heterocycles. The SMILES string of the molecule is CCCOCCOC(=O)CN1C(=O)C(C)Oc2ccc(-c3csc(-c4ccccn4)n3)cc21. The van der Waals surface area contributed by atoms with Crippen LogP contribution < -0.4 is 9.64 Å². The van der Waals surface area contributed by atoms with E-state index >= 15 is 0 Å². The highest BCUT2D eigenvalue weighted by Gasteiger charge is 2.33. The van der Waals surface area contributed by atoms with E-state index in [2.05, 4.69) is 4.98 Å². The number of fused-ring (bicyclic) bond motifs is 1. The second-order valence-corrected chi connectivity index (χ2v) is 8.31. The minimum absolute atomic E-state index is 0.148. The molecule has 0 saturated carbocycles. The summed E-state index contributed by atoms with van der Waals surface area (Å²) in [7, 11) is 0. The fraction of sp³-hybridized carbons (Fsp3) is 0.333. The maximum absolute atomic E-state index is 12.8. The van der Waals surface area contributed by atoms with Crippen molar-refractivity contribution in [1.82, 2.24) is 9.97 Å². The van der Waals surface area contributed by atoms with E-state index in [1.807, 2.05) is 42.6 Å². The van der Waals surface area contributed by atoms with E-state index in [0.717, 1.165) is 28.4 Å². The highest BCUT2D eigenvalue weighted by Crippen LogP contribution is 2.38. The highest BCUT2D eigenvalue weighted by molar-refractivity contribution is 7.13. The largest absolute Gasteiger partial charge is 0.479 e. The van der Waals surface area contributed by atoms with Gasteiger partial charge in [0, 0.05) is 23.7 Å². The molecular weight excluding hydrogens is 442 g/mol. The molecule has 33 heavy (non-hydrogen) atoms. The molecule has 1 atom stereocenters. The van der Waals surface area contributed by atoms with Crippen molar-refractivity contribution in [2.75, 3.05) is 31.3 Å². The van der Waals surface area contributed by atoms with Gasteiger partial charge in [0.2, 0.25) is 0 Å². The molecule has 0 N–H and O–H groups in total. The predicted octanol–water partition coefficient (Wildman–Crippen LogP) is 3.96. The van der Waals surface area contributed by atoms with Crippen molar-refractivity contribution < 1.29 is 23.8 Å². The Morgan fingerprint density at radius 2 is 2.06 bits per heavy atom. The predicted molar refractivity (Wildman–Crippen MR) is 125 cm³/mol. The fourth-order valence-electron chi connectivity index (χ4n) is 3.38. The van der Waals surface area contributed by atoms with Crippen molar-refractivity contribution in [2.24, 2.45) is 0 Å². The van der Waals surface area contributed by atoms with Crippen LogP contribution in [0.15, 0.2) is 48.0 Å². The Morgan fingerprint density at radius 3 is 2.85 bits per heavy atom. The maximum atomic E-state index is 12.8. The minimum atomic E-state index is -0.695. The van der Waals surface area contributed by atoms with E-state index in [9.17, 15) is 9.59 Å². The third-order valence-electron chi connectivity index (χ3n) is 4.98. The Labute approximate surface area is 196 Å². The third kappa shape index (κ3) is 5.37. The molecule has 0 bridgehead atoms. The summed E-state index contributed by atoms with van der Waals surface area (Å²) in [5.41, 5.74) is 2.88. The number of pyridine rings is 1. The first-order chi connectivity index (χ1) is 16.1. The number of ether oxygens (including phenoxy) is 3. The Bertz CT molecular complexity index is 1120. The first-order valence-electron chi connectivity index (χ1n) is 10.8. The normalized spacial score (nSPS) is 15.2. The monoisotopic (exact) mass is 467 g/mol. The molecule has 1 aliphatic rings. The lowest BCUT2D eigenvalue weighted by Gasteiger charge is -2.32. The van der Waals surface area contributed by atoms with Gasteiger partial charge in [-0.25, -0.2) is 4.98 Å². The minimum Gasteiger partial charge on any atom is -0.479 e. The van der Waals surface area contributed by atoms with Gasteiger partial charge in [-0.3, -0.25) is 19.5 Å². The molecule has 3 aromatic rings. The van der Waals surface area contributed by atoms with Crippen LogP contribution in [0.25, 0.3) is 22.0 Å². The van der Waals surface area contributed by atoms with Crippen molar-refractivity contribution in [1.29, 1.82) is 0 Å². The number of amides is 1. The Balaban J connectivity index is 1.53. The number of carbonyl (C=O) groups is 2. The van der Waals surface area contributed by atoms with Crippen molar-refractivity contribution in [3.05, 3.63) is 48.0 Å². The summed E-state index contributed by atoms with van der Waals surface area (Å²) >= 11 is 1.49. The molecule has 4 rings (SSSR count). The molecule has 0 aliphatic carbocycles. The molecule has 3 heterocycles. The van der Waals surface area contributed by atoms with Crippen LogP contribution in [0.1, 0.15) is 20.3 Å². The number of rotatable bonds is 9.